The number of aryl methyl sites for hydroxylation is 1. The van der Waals surface area contributed by atoms with Gasteiger partial charge < -0.3 is 4.74 Å². The average Bonchev–Trinajstić information content (AvgIpc) is 2.39. The van der Waals surface area contributed by atoms with Crippen molar-refractivity contribution >= 4 is 12.3 Å². The highest BCUT2D eigenvalue weighted by Crippen LogP contribution is 2.06. The van der Waals surface area contributed by atoms with Gasteiger partial charge in [-0.15, -0.1) is 0 Å². The Morgan fingerprint density at radius 1 is 1.61 bits per heavy atom. The summed E-state index contributed by atoms with van der Waals surface area (Å²) in [6.07, 6.45) is 0.628. The van der Waals surface area contributed by atoms with E-state index in [1.165, 1.54) is 13.2 Å². The smallest absolute Gasteiger partial charge is 0.311 e. The first-order chi connectivity index (χ1) is 8.54. The number of carbonyl (C=O) groups excluding carboxylic acids is 2. The molecule has 0 aliphatic heterocycles. The van der Waals surface area contributed by atoms with Gasteiger partial charge in [-0.3, -0.25) is 9.59 Å². The summed E-state index contributed by atoms with van der Waals surface area (Å²) >= 11 is 0. The van der Waals surface area contributed by atoms with Crippen molar-refractivity contribution in [2.75, 3.05) is 13.7 Å². The van der Waals surface area contributed by atoms with Gasteiger partial charge in [-0.25, -0.2) is 4.39 Å². The molecule has 1 aromatic carbocycles. The van der Waals surface area contributed by atoms with Crippen molar-refractivity contribution in [1.82, 2.24) is 0 Å². The highest BCUT2D eigenvalue weighted by atomic mass is 19.1. The van der Waals surface area contributed by atoms with E-state index in [2.05, 4.69) is 14.8 Å². The number of hydrogen-bond donors (Lipinski definition) is 0. The minimum atomic E-state index is -0.525. The molecule has 0 radical (unpaired) electrons. The van der Waals surface area contributed by atoms with Crippen LogP contribution < -0.4 is 0 Å². The lowest BCUT2D eigenvalue weighted by Gasteiger charge is -1.94. The van der Waals surface area contributed by atoms with E-state index >= 15 is 0 Å². The zero-order chi connectivity index (χ0) is 14.0. The number of hydrogen-bond acceptors (Lipinski definition) is 4. The van der Waals surface area contributed by atoms with Crippen LogP contribution in [0.3, 0.4) is 0 Å². The molecule has 96 valence electrons. The van der Waals surface area contributed by atoms with E-state index in [1.54, 1.807) is 19.1 Å². The predicted molar refractivity (Wildman–Crippen MR) is 62.6 cm³/mol. The first-order valence-electron chi connectivity index (χ1n) is 4.84. The average molecular weight is 253 g/mol. The number of methoxy groups -OCH3 is 1. The lowest BCUT2D eigenvalue weighted by atomic mass is 10.1. The molecule has 6 nitrogen and oxygen atoms in total. The van der Waals surface area contributed by atoms with Gasteiger partial charge in [0.15, 0.2) is 0 Å². The highest BCUT2D eigenvalue weighted by Gasteiger charge is 1.96. The van der Waals surface area contributed by atoms with Crippen molar-refractivity contribution in [3.8, 4) is 0 Å². The number of halogens is 1. The molecule has 0 aliphatic carbocycles. The van der Waals surface area contributed by atoms with Gasteiger partial charge in [0.1, 0.15) is 18.6 Å². The molecule has 0 amide bonds. The second-order valence-corrected chi connectivity index (χ2v) is 3.09. The van der Waals surface area contributed by atoms with E-state index in [1.807, 2.05) is 0 Å². The Bertz CT molecular complexity index is 471. The van der Waals surface area contributed by atoms with Crippen molar-refractivity contribution in [3.05, 3.63) is 45.6 Å². The lowest BCUT2D eigenvalue weighted by Crippen LogP contribution is -2.02. The van der Waals surface area contributed by atoms with Crippen LogP contribution in [0.5, 0.6) is 0 Å². The van der Waals surface area contributed by atoms with Crippen LogP contribution in [0.4, 0.5) is 4.39 Å². The molecule has 0 bridgehead atoms. The van der Waals surface area contributed by atoms with Crippen molar-refractivity contribution in [2.24, 2.45) is 5.11 Å². The van der Waals surface area contributed by atoms with Crippen LogP contribution in [0.25, 0.3) is 10.4 Å². The fourth-order valence-corrected chi connectivity index (χ4v) is 0.836. The Kier molecular flexibility index (Phi) is 7.56. The zero-order valence-corrected chi connectivity index (χ0v) is 9.96. The molecule has 0 spiro atoms. The Hall–Kier alpha value is -2.40. The van der Waals surface area contributed by atoms with Gasteiger partial charge in [0.2, 0.25) is 0 Å². The largest absolute Gasteiger partial charge is 0.469 e. The quantitative estimate of drug-likeness (QED) is 0.272. The summed E-state index contributed by atoms with van der Waals surface area (Å²) in [5.74, 6) is -0.854. The third-order valence-corrected chi connectivity index (χ3v) is 1.82. The predicted octanol–water partition coefficient (Wildman–Crippen LogP) is 2.42. The van der Waals surface area contributed by atoms with Gasteiger partial charge >= 0.3 is 5.97 Å². The van der Waals surface area contributed by atoms with E-state index in [4.69, 9.17) is 5.53 Å². The van der Waals surface area contributed by atoms with Gasteiger partial charge in [-0.05, 0) is 24.1 Å². The maximum atomic E-state index is 12.6. The summed E-state index contributed by atoms with van der Waals surface area (Å²) < 4.78 is 16.8. The van der Waals surface area contributed by atoms with Gasteiger partial charge in [-0.1, -0.05) is 17.2 Å². The number of nitrogens with zero attached hydrogens (tertiary/aromatic N) is 3. The molecule has 0 N–H and O–H groups in total. The Balaban J connectivity index is 0.000000331. The molecule has 0 unspecified atom stereocenters. The molecule has 1 rings (SSSR count). The van der Waals surface area contributed by atoms with Crippen LogP contribution in [-0.2, 0) is 9.53 Å². The summed E-state index contributed by atoms with van der Waals surface area (Å²) in [7, 11) is 1.23. The zero-order valence-electron chi connectivity index (χ0n) is 9.96. The molecule has 0 fully saturated rings. The number of ether oxygens (including phenoxy) is 1. The first kappa shape index (κ1) is 15.6. The van der Waals surface area contributed by atoms with E-state index in [0.717, 1.165) is 0 Å². The third-order valence-electron chi connectivity index (χ3n) is 1.82. The maximum absolute atomic E-state index is 12.6. The van der Waals surface area contributed by atoms with Crippen molar-refractivity contribution < 1.29 is 18.7 Å². The molecule has 18 heavy (non-hydrogen) atoms. The minimum Gasteiger partial charge on any atom is -0.469 e. The molecular formula is C11H12FN3O3. The number of azide groups is 1. The van der Waals surface area contributed by atoms with Crippen LogP contribution in [-0.4, -0.2) is 25.9 Å². The van der Waals surface area contributed by atoms with Gasteiger partial charge in [-0.2, -0.15) is 0 Å². The van der Waals surface area contributed by atoms with E-state index in [-0.39, 0.29) is 12.4 Å². The molecule has 1 aromatic rings. The van der Waals surface area contributed by atoms with E-state index < -0.39 is 5.97 Å². The monoisotopic (exact) mass is 253 g/mol. The molecule has 0 aromatic heterocycles. The molecule has 0 atom stereocenters. The van der Waals surface area contributed by atoms with Crippen molar-refractivity contribution in [1.29, 1.82) is 0 Å². The van der Waals surface area contributed by atoms with Crippen LogP contribution in [0.2, 0.25) is 0 Å². The number of rotatable bonds is 3. The number of esters is 1. The summed E-state index contributed by atoms with van der Waals surface area (Å²) in [5, 5.41) is 2.95. The minimum absolute atomic E-state index is 0.229. The topological polar surface area (TPSA) is 92.1 Å². The fourth-order valence-electron chi connectivity index (χ4n) is 0.836. The van der Waals surface area contributed by atoms with Crippen molar-refractivity contribution in [2.45, 2.75) is 6.92 Å². The molecule has 0 saturated carbocycles. The molecule has 0 saturated heterocycles. The summed E-state index contributed by atoms with van der Waals surface area (Å²) in [4.78, 5) is 22.5. The van der Waals surface area contributed by atoms with Gasteiger partial charge in [0.05, 0.1) is 7.11 Å². The van der Waals surface area contributed by atoms with E-state index in [0.29, 0.717) is 17.4 Å². The summed E-state index contributed by atoms with van der Waals surface area (Å²) in [6.45, 7) is 1.43. The van der Waals surface area contributed by atoms with Gasteiger partial charge in [0.25, 0.3) is 0 Å². The number of carbonyl (C=O) groups is 2. The molecule has 0 heterocycles. The normalized spacial score (nSPS) is 8.39. The summed E-state index contributed by atoms with van der Waals surface area (Å²) in [6, 6.07) is 4.40. The van der Waals surface area contributed by atoms with Crippen LogP contribution in [0.1, 0.15) is 15.9 Å². The van der Waals surface area contributed by atoms with Gasteiger partial charge in [0, 0.05) is 10.5 Å². The highest BCUT2D eigenvalue weighted by molar-refractivity contribution is 5.74. The first-order valence-corrected chi connectivity index (χ1v) is 4.84. The van der Waals surface area contributed by atoms with Crippen LogP contribution >= 0.6 is 0 Å². The fraction of sp³-hybridized carbons (Fsp3) is 0.273. The van der Waals surface area contributed by atoms with E-state index in [9.17, 15) is 14.0 Å². The molecular weight excluding hydrogens is 241 g/mol. The number of benzene rings is 1. The number of aldehydes is 1. The Morgan fingerprint density at radius 3 is 2.72 bits per heavy atom. The Morgan fingerprint density at radius 2 is 2.28 bits per heavy atom. The molecule has 0 aliphatic rings. The maximum Gasteiger partial charge on any atom is 0.311 e. The molecule has 7 heteroatoms. The van der Waals surface area contributed by atoms with Crippen LogP contribution in [0.15, 0.2) is 23.3 Å². The Labute approximate surface area is 103 Å². The van der Waals surface area contributed by atoms with Crippen LogP contribution in [0, 0.1) is 12.7 Å². The van der Waals surface area contributed by atoms with Crippen molar-refractivity contribution in [3.63, 3.8) is 0 Å². The standard InChI is InChI=1S/C8H7FO.C3H5N3O2/c1-6-2-3-7(5-10)4-8(6)9;1-8-3(7)2-5-6-4/h2-5H,1H3;2H2,1H3. The second-order valence-electron chi connectivity index (χ2n) is 3.09. The third kappa shape index (κ3) is 6.24. The SMILES string of the molecule is COC(=O)CN=[N+]=[N-].Cc1ccc(C=O)cc1F. The second kappa shape index (κ2) is 8.72. The lowest BCUT2D eigenvalue weighted by molar-refractivity contribution is -0.138. The summed E-state index contributed by atoms with van der Waals surface area (Å²) in [5.41, 5.74) is 8.60.